The molecular weight excluding hydrogens is 260 g/mol. The van der Waals surface area contributed by atoms with E-state index in [4.69, 9.17) is 5.73 Å². The third kappa shape index (κ3) is 3.57. The summed E-state index contributed by atoms with van der Waals surface area (Å²) in [7, 11) is 1.80. The Morgan fingerprint density at radius 1 is 1.58 bits per heavy atom. The van der Waals surface area contributed by atoms with Crippen LogP contribution >= 0.6 is 11.3 Å². The molecule has 0 spiro atoms. The molecule has 0 aromatic carbocycles. The normalized spacial score (nSPS) is 21.2. The van der Waals surface area contributed by atoms with Crippen molar-refractivity contribution in [2.45, 2.75) is 18.9 Å². The van der Waals surface area contributed by atoms with Crippen LogP contribution in [0.1, 0.15) is 27.4 Å². The van der Waals surface area contributed by atoms with Crippen LogP contribution in [0.2, 0.25) is 0 Å². The molecule has 0 atom stereocenters. The number of hydrogen-bond acceptors (Lipinski definition) is 4. The van der Waals surface area contributed by atoms with E-state index in [9.17, 15) is 9.90 Å². The van der Waals surface area contributed by atoms with Crippen molar-refractivity contribution in [1.82, 2.24) is 4.90 Å². The summed E-state index contributed by atoms with van der Waals surface area (Å²) in [5.41, 5.74) is 5.31. The Morgan fingerprint density at radius 2 is 2.32 bits per heavy atom. The Kier molecular flexibility index (Phi) is 4.59. The predicted molar refractivity (Wildman–Crippen MR) is 75.9 cm³/mol. The Labute approximate surface area is 117 Å². The van der Waals surface area contributed by atoms with Gasteiger partial charge in [-0.05, 0) is 30.9 Å². The lowest BCUT2D eigenvalue weighted by Gasteiger charge is -2.34. The van der Waals surface area contributed by atoms with Crippen LogP contribution in [-0.2, 0) is 0 Å². The maximum absolute atomic E-state index is 12.2. The smallest absolute Gasteiger partial charge is 0.263 e. The maximum atomic E-state index is 12.2. The van der Waals surface area contributed by atoms with Crippen molar-refractivity contribution in [2.75, 3.05) is 20.1 Å². The minimum atomic E-state index is -0.173. The molecule has 4 nitrogen and oxygen atoms in total. The molecule has 1 amide bonds. The number of carbonyl (C=O) groups is 1. The molecule has 0 saturated heterocycles. The predicted octanol–water partition coefficient (Wildman–Crippen LogP) is 0.901. The van der Waals surface area contributed by atoms with Gasteiger partial charge in [-0.15, -0.1) is 11.3 Å². The molecule has 3 N–H and O–H groups in total. The van der Waals surface area contributed by atoms with E-state index < -0.39 is 0 Å². The van der Waals surface area contributed by atoms with Crippen molar-refractivity contribution in [3.63, 3.8) is 0 Å². The fraction of sp³-hybridized carbons (Fsp3) is 0.500. The van der Waals surface area contributed by atoms with Gasteiger partial charge in [0.2, 0.25) is 0 Å². The van der Waals surface area contributed by atoms with E-state index in [0.717, 1.165) is 17.7 Å². The zero-order valence-electron chi connectivity index (χ0n) is 10.9. The Hall–Kier alpha value is -1.35. The number of thiophene rings is 1. The second-order valence-corrected chi connectivity index (χ2v) is 5.93. The number of nitrogens with zero attached hydrogens (tertiary/aromatic N) is 1. The summed E-state index contributed by atoms with van der Waals surface area (Å²) in [5.74, 6) is 6.16. The molecule has 1 fully saturated rings. The fourth-order valence-electron chi connectivity index (χ4n) is 2.17. The minimum absolute atomic E-state index is 0.0205. The standard InChI is InChI=1S/C14H18N2O2S/c1-16(9-10-7-11(17)8-10)14(18)13-5-4-12(19-13)3-2-6-15/h4-5,10-11,17H,6-9,15H2,1H3. The van der Waals surface area contributed by atoms with Crippen LogP contribution < -0.4 is 5.73 Å². The van der Waals surface area contributed by atoms with Crippen molar-refractivity contribution in [2.24, 2.45) is 11.7 Å². The highest BCUT2D eigenvalue weighted by molar-refractivity contribution is 7.14. The number of amides is 1. The highest BCUT2D eigenvalue weighted by Crippen LogP contribution is 2.28. The number of aliphatic hydroxyl groups is 1. The zero-order chi connectivity index (χ0) is 13.8. The van der Waals surface area contributed by atoms with E-state index in [1.54, 1.807) is 18.0 Å². The highest BCUT2D eigenvalue weighted by atomic mass is 32.1. The molecule has 1 aliphatic carbocycles. The van der Waals surface area contributed by atoms with Crippen molar-refractivity contribution in [3.8, 4) is 11.8 Å². The van der Waals surface area contributed by atoms with Gasteiger partial charge in [0.15, 0.2) is 0 Å². The Morgan fingerprint density at radius 3 is 2.95 bits per heavy atom. The van der Waals surface area contributed by atoms with Gasteiger partial charge in [-0.25, -0.2) is 0 Å². The van der Waals surface area contributed by atoms with Crippen LogP contribution in [0.4, 0.5) is 0 Å². The van der Waals surface area contributed by atoms with Gasteiger partial charge in [0.25, 0.3) is 5.91 Å². The number of aliphatic hydroxyl groups excluding tert-OH is 1. The van der Waals surface area contributed by atoms with Crippen molar-refractivity contribution >= 4 is 17.2 Å². The van der Waals surface area contributed by atoms with E-state index in [-0.39, 0.29) is 12.0 Å². The van der Waals surface area contributed by atoms with Gasteiger partial charge in [0.05, 0.1) is 22.4 Å². The molecule has 0 aliphatic heterocycles. The maximum Gasteiger partial charge on any atom is 0.263 e. The average Bonchev–Trinajstić information content (AvgIpc) is 2.82. The lowest BCUT2D eigenvalue weighted by molar-refractivity contribution is 0.0266. The first-order chi connectivity index (χ1) is 9.10. The number of rotatable bonds is 3. The van der Waals surface area contributed by atoms with Crippen molar-refractivity contribution in [3.05, 3.63) is 21.9 Å². The second kappa shape index (κ2) is 6.20. The molecule has 0 radical (unpaired) electrons. The molecule has 1 saturated carbocycles. The second-order valence-electron chi connectivity index (χ2n) is 4.85. The van der Waals surface area contributed by atoms with Gasteiger partial charge < -0.3 is 15.7 Å². The lowest BCUT2D eigenvalue weighted by atomic mass is 9.82. The first kappa shape index (κ1) is 14.1. The molecule has 2 rings (SSSR count). The first-order valence-electron chi connectivity index (χ1n) is 6.32. The quantitative estimate of drug-likeness (QED) is 0.807. The van der Waals surface area contributed by atoms with Gasteiger partial charge in [0.1, 0.15) is 0 Å². The molecule has 0 unspecified atom stereocenters. The van der Waals surface area contributed by atoms with Crippen LogP contribution in [0.25, 0.3) is 0 Å². The zero-order valence-corrected chi connectivity index (χ0v) is 11.7. The van der Waals surface area contributed by atoms with Crippen LogP contribution in [0.3, 0.4) is 0 Å². The van der Waals surface area contributed by atoms with Crippen LogP contribution in [0.5, 0.6) is 0 Å². The molecule has 1 aliphatic rings. The summed E-state index contributed by atoms with van der Waals surface area (Å²) < 4.78 is 0. The van der Waals surface area contributed by atoms with Crippen LogP contribution in [0.15, 0.2) is 12.1 Å². The van der Waals surface area contributed by atoms with E-state index in [2.05, 4.69) is 11.8 Å². The van der Waals surface area contributed by atoms with Gasteiger partial charge >= 0.3 is 0 Å². The topological polar surface area (TPSA) is 66.6 Å². The van der Waals surface area contributed by atoms with Gasteiger partial charge in [-0.2, -0.15) is 0 Å². The molecule has 5 heteroatoms. The summed E-state index contributed by atoms with van der Waals surface area (Å²) in [6, 6.07) is 3.65. The number of hydrogen-bond donors (Lipinski definition) is 2. The fourth-order valence-corrected chi connectivity index (χ4v) is 3.04. The average molecular weight is 278 g/mol. The Bertz CT molecular complexity index is 509. The monoisotopic (exact) mass is 278 g/mol. The first-order valence-corrected chi connectivity index (χ1v) is 7.14. The van der Waals surface area contributed by atoms with E-state index in [1.807, 2.05) is 6.07 Å². The minimum Gasteiger partial charge on any atom is -0.393 e. The number of nitrogens with two attached hydrogens (primary N) is 1. The van der Waals surface area contributed by atoms with E-state index in [1.165, 1.54) is 11.3 Å². The van der Waals surface area contributed by atoms with Gasteiger partial charge in [0, 0.05) is 13.6 Å². The summed E-state index contributed by atoms with van der Waals surface area (Å²) in [5, 5.41) is 9.25. The summed E-state index contributed by atoms with van der Waals surface area (Å²) in [6.45, 7) is 1.03. The molecule has 1 aromatic heterocycles. The van der Waals surface area contributed by atoms with Gasteiger partial charge in [-0.1, -0.05) is 11.8 Å². The summed E-state index contributed by atoms with van der Waals surface area (Å²) >= 11 is 1.39. The van der Waals surface area contributed by atoms with Gasteiger partial charge in [-0.3, -0.25) is 4.79 Å². The van der Waals surface area contributed by atoms with Crippen LogP contribution in [-0.4, -0.2) is 42.2 Å². The highest BCUT2D eigenvalue weighted by Gasteiger charge is 2.29. The van der Waals surface area contributed by atoms with Crippen molar-refractivity contribution < 1.29 is 9.90 Å². The Balaban J connectivity index is 1.93. The SMILES string of the molecule is CN(CC1CC(O)C1)C(=O)c1ccc(C#CCN)s1. The molecule has 102 valence electrons. The molecular formula is C14H18N2O2S. The third-order valence-corrected chi connectivity index (χ3v) is 4.21. The third-order valence-electron chi connectivity index (χ3n) is 3.22. The summed E-state index contributed by atoms with van der Waals surface area (Å²) in [6.07, 6.45) is 1.43. The largest absolute Gasteiger partial charge is 0.393 e. The van der Waals surface area contributed by atoms with E-state index in [0.29, 0.717) is 23.9 Å². The number of carbonyl (C=O) groups excluding carboxylic acids is 1. The summed E-state index contributed by atoms with van der Waals surface area (Å²) in [4.78, 5) is 15.5. The molecule has 0 bridgehead atoms. The molecule has 19 heavy (non-hydrogen) atoms. The molecule has 1 aromatic rings. The van der Waals surface area contributed by atoms with Crippen LogP contribution in [0, 0.1) is 17.8 Å². The molecule has 1 heterocycles. The van der Waals surface area contributed by atoms with Crippen molar-refractivity contribution in [1.29, 1.82) is 0 Å². The van der Waals surface area contributed by atoms with E-state index >= 15 is 0 Å². The lowest BCUT2D eigenvalue weighted by Crippen LogP contribution is -2.39.